The number of anilines is 2. The van der Waals surface area contributed by atoms with E-state index in [0.29, 0.717) is 17.5 Å². The highest BCUT2D eigenvalue weighted by Gasteiger charge is 2.24. The molecule has 0 saturated heterocycles. The Balaban J connectivity index is 1.94. The van der Waals surface area contributed by atoms with Gasteiger partial charge < -0.3 is 16.2 Å². The van der Waals surface area contributed by atoms with E-state index in [1.807, 2.05) is 0 Å². The van der Waals surface area contributed by atoms with E-state index in [-0.39, 0.29) is 18.0 Å². The summed E-state index contributed by atoms with van der Waals surface area (Å²) < 4.78 is 0. The van der Waals surface area contributed by atoms with Crippen LogP contribution >= 0.6 is 11.6 Å². The van der Waals surface area contributed by atoms with Crippen LogP contribution in [0.1, 0.15) is 19.3 Å². The van der Waals surface area contributed by atoms with Crippen LogP contribution in [-0.4, -0.2) is 27.7 Å². The number of hydrogen-bond donors (Lipinski definition) is 3. The van der Waals surface area contributed by atoms with Crippen LogP contribution in [0, 0.1) is 5.92 Å². The van der Waals surface area contributed by atoms with Gasteiger partial charge in [0, 0.05) is 18.5 Å². The Labute approximate surface area is 99.0 Å². The Morgan fingerprint density at radius 2 is 2.31 bits per heavy atom. The van der Waals surface area contributed by atoms with E-state index in [1.165, 1.54) is 0 Å². The van der Waals surface area contributed by atoms with E-state index in [0.717, 1.165) is 19.3 Å². The van der Waals surface area contributed by atoms with E-state index in [2.05, 4.69) is 15.3 Å². The van der Waals surface area contributed by atoms with E-state index >= 15 is 0 Å². The van der Waals surface area contributed by atoms with Crippen molar-refractivity contribution in [1.29, 1.82) is 0 Å². The predicted octanol–water partition coefficient (Wildman–Crippen LogP) is 1.29. The average molecular weight is 243 g/mol. The second-order valence-corrected chi connectivity index (χ2v) is 4.46. The van der Waals surface area contributed by atoms with Crippen LogP contribution in [0.5, 0.6) is 0 Å². The van der Waals surface area contributed by atoms with Gasteiger partial charge in [0.25, 0.3) is 0 Å². The maximum atomic E-state index is 9.65. The van der Waals surface area contributed by atoms with Gasteiger partial charge in [-0.15, -0.1) is 0 Å². The Bertz CT molecular complexity index is 354. The van der Waals surface area contributed by atoms with Crippen LogP contribution in [0.2, 0.25) is 5.15 Å². The van der Waals surface area contributed by atoms with E-state index in [4.69, 9.17) is 17.3 Å². The lowest BCUT2D eigenvalue weighted by atomic mass is 10.1. The molecular formula is C10H15ClN4O. The third kappa shape index (κ3) is 2.74. The molecule has 1 fully saturated rings. The first kappa shape index (κ1) is 11.4. The number of nitrogen functional groups attached to an aromatic ring is 1. The van der Waals surface area contributed by atoms with Crippen molar-refractivity contribution in [1.82, 2.24) is 9.97 Å². The van der Waals surface area contributed by atoms with Crippen LogP contribution in [0.3, 0.4) is 0 Å². The normalized spacial score (nSPS) is 24.6. The highest BCUT2D eigenvalue weighted by Crippen LogP contribution is 2.25. The molecule has 1 aliphatic rings. The Kier molecular flexibility index (Phi) is 3.46. The minimum absolute atomic E-state index is 0.155. The van der Waals surface area contributed by atoms with Crippen molar-refractivity contribution in [3.63, 3.8) is 0 Å². The molecule has 1 heterocycles. The topological polar surface area (TPSA) is 84.1 Å². The third-order valence-electron chi connectivity index (χ3n) is 2.88. The summed E-state index contributed by atoms with van der Waals surface area (Å²) in [5, 5.41) is 13.1. The van der Waals surface area contributed by atoms with Gasteiger partial charge in [0.1, 0.15) is 11.0 Å². The average Bonchev–Trinajstić information content (AvgIpc) is 2.59. The molecule has 0 radical (unpaired) electrons. The Morgan fingerprint density at radius 3 is 2.94 bits per heavy atom. The third-order valence-corrected chi connectivity index (χ3v) is 3.07. The molecule has 5 nitrogen and oxygen atoms in total. The number of rotatable bonds is 3. The molecule has 2 rings (SSSR count). The van der Waals surface area contributed by atoms with Gasteiger partial charge in [-0.05, 0) is 12.8 Å². The summed E-state index contributed by atoms with van der Waals surface area (Å²) >= 11 is 5.75. The molecule has 1 aromatic rings. The zero-order valence-corrected chi connectivity index (χ0v) is 9.61. The first-order valence-electron chi connectivity index (χ1n) is 5.37. The van der Waals surface area contributed by atoms with Crippen LogP contribution in [0.25, 0.3) is 0 Å². The summed E-state index contributed by atoms with van der Waals surface area (Å²) in [7, 11) is 0. The van der Waals surface area contributed by atoms with Gasteiger partial charge >= 0.3 is 0 Å². The number of nitrogens with one attached hydrogen (secondary N) is 1. The number of aliphatic hydroxyl groups is 1. The van der Waals surface area contributed by atoms with Crippen LogP contribution < -0.4 is 11.1 Å². The van der Waals surface area contributed by atoms with Gasteiger partial charge in [0.15, 0.2) is 0 Å². The number of hydrogen-bond acceptors (Lipinski definition) is 5. The van der Waals surface area contributed by atoms with Crippen molar-refractivity contribution in [3.8, 4) is 0 Å². The molecule has 0 aliphatic heterocycles. The zero-order valence-electron chi connectivity index (χ0n) is 8.86. The first-order chi connectivity index (χ1) is 7.65. The van der Waals surface area contributed by atoms with Crippen molar-refractivity contribution in [3.05, 3.63) is 11.2 Å². The molecule has 6 heteroatoms. The lowest BCUT2D eigenvalue weighted by Gasteiger charge is -2.15. The molecule has 1 aliphatic carbocycles. The van der Waals surface area contributed by atoms with Gasteiger partial charge in [-0.1, -0.05) is 18.0 Å². The second-order valence-electron chi connectivity index (χ2n) is 4.07. The molecule has 0 amide bonds. The fourth-order valence-electron chi connectivity index (χ4n) is 2.02. The smallest absolute Gasteiger partial charge is 0.223 e. The van der Waals surface area contributed by atoms with Gasteiger partial charge in [-0.3, -0.25) is 0 Å². The lowest BCUT2D eigenvalue weighted by molar-refractivity contribution is 0.138. The van der Waals surface area contributed by atoms with Crippen molar-refractivity contribution < 1.29 is 5.11 Å². The van der Waals surface area contributed by atoms with Gasteiger partial charge in [0.2, 0.25) is 5.95 Å². The Morgan fingerprint density at radius 1 is 1.50 bits per heavy atom. The SMILES string of the molecule is Nc1nc(Cl)cc(NCC2CCCC2O)n1. The van der Waals surface area contributed by atoms with Gasteiger partial charge in [-0.25, -0.2) is 4.98 Å². The van der Waals surface area contributed by atoms with E-state index in [1.54, 1.807) is 6.07 Å². The summed E-state index contributed by atoms with van der Waals surface area (Å²) in [6.45, 7) is 0.688. The molecule has 1 saturated carbocycles. The minimum Gasteiger partial charge on any atom is -0.393 e. The number of aliphatic hydroxyl groups excluding tert-OH is 1. The zero-order chi connectivity index (χ0) is 11.5. The lowest BCUT2D eigenvalue weighted by Crippen LogP contribution is -2.22. The first-order valence-corrected chi connectivity index (χ1v) is 5.75. The predicted molar refractivity (Wildman–Crippen MR) is 63.3 cm³/mol. The maximum absolute atomic E-state index is 9.65. The number of aromatic nitrogens is 2. The molecule has 16 heavy (non-hydrogen) atoms. The summed E-state index contributed by atoms with van der Waals surface area (Å²) in [5.74, 6) is 1.05. The van der Waals surface area contributed by atoms with E-state index in [9.17, 15) is 5.11 Å². The molecule has 2 atom stereocenters. The fourth-order valence-corrected chi connectivity index (χ4v) is 2.21. The van der Waals surface area contributed by atoms with Crippen molar-refractivity contribution in [2.75, 3.05) is 17.6 Å². The van der Waals surface area contributed by atoms with Crippen molar-refractivity contribution in [2.24, 2.45) is 5.92 Å². The second kappa shape index (κ2) is 4.84. The largest absolute Gasteiger partial charge is 0.393 e. The number of nitrogens with zero attached hydrogens (tertiary/aromatic N) is 2. The summed E-state index contributed by atoms with van der Waals surface area (Å²) in [6.07, 6.45) is 2.81. The van der Waals surface area contributed by atoms with Gasteiger partial charge in [0.05, 0.1) is 6.10 Å². The molecular weight excluding hydrogens is 228 g/mol. The quantitative estimate of drug-likeness (QED) is 0.696. The molecule has 4 N–H and O–H groups in total. The standard InChI is InChI=1S/C10H15ClN4O/c11-8-4-9(15-10(12)14-8)13-5-6-2-1-3-7(6)16/h4,6-7,16H,1-3,5H2,(H3,12,13,14,15). The fraction of sp³-hybridized carbons (Fsp3) is 0.600. The van der Waals surface area contributed by atoms with Crippen LogP contribution in [0.15, 0.2) is 6.07 Å². The van der Waals surface area contributed by atoms with E-state index < -0.39 is 0 Å². The number of nitrogens with two attached hydrogens (primary N) is 1. The molecule has 0 aromatic carbocycles. The van der Waals surface area contributed by atoms with Crippen molar-refractivity contribution >= 4 is 23.4 Å². The highest BCUT2D eigenvalue weighted by atomic mass is 35.5. The summed E-state index contributed by atoms with van der Waals surface area (Å²) in [5.41, 5.74) is 5.47. The molecule has 88 valence electrons. The molecule has 0 bridgehead atoms. The highest BCUT2D eigenvalue weighted by molar-refractivity contribution is 6.29. The van der Waals surface area contributed by atoms with Crippen LogP contribution in [0.4, 0.5) is 11.8 Å². The maximum Gasteiger partial charge on any atom is 0.223 e. The van der Waals surface area contributed by atoms with Crippen molar-refractivity contribution in [2.45, 2.75) is 25.4 Å². The summed E-state index contributed by atoms with van der Waals surface area (Å²) in [4.78, 5) is 7.78. The van der Waals surface area contributed by atoms with Crippen LogP contribution in [-0.2, 0) is 0 Å². The summed E-state index contributed by atoms with van der Waals surface area (Å²) in [6, 6.07) is 1.62. The monoisotopic (exact) mass is 242 g/mol. The minimum atomic E-state index is -0.206. The molecule has 0 spiro atoms. The number of halogens is 1. The van der Waals surface area contributed by atoms with Gasteiger partial charge in [-0.2, -0.15) is 4.98 Å². The molecule has 1 aromatic heterocycles. The molecule has 2 unspecified atom stereocenters. The Hall–Kier alpha value is -1.07.